The summed E-state index contributed by atoms with van der Waals surface area (Å²) in [5.41, 5.74) is 6.32. The van der Waals surface area contributed by atoms with Crippen molar-refractivity contribution >= 4 is 34.7 Å². The van der Waals surface area contributed by atoms with Crippen LogP contribution in [0.4, 0.5) is 27.5 Å². The van der Waals surface area contributed by atoms with Crippen LogP contribution in [0.15, 0.2) is 24.5 Å². The van der Waals surface area contributed by atoms with Gasteiger partial charge < -0.3 is 25.5 Å². The average Bonchev–Trinajstić information content (AvgIpc) is 3.63. The third-order valence-electron chi connectivity index (χ3n) is 6.98. The van der Waals surface area contributed by atoms with Crippen LogP contribution in [-0.4, -0.2) is 69.3 Å². The van der Waals surface area contributed by atoms with E-state index in [1.807, 2.05) is 44.2 Å². The smallest absolute Gasteiger partial charge is 0.229 e. The Morgan fingerprint density at radius 1 is 1.15 bits per heavy atom. The molecule has 0 bridgehead atoms. The van der Waals surface area contributed by atoms with Gasteiger partial charge in [0.1, 0.15) is 16.9 Å². The van der Waals surface area contributed by atoms with Gasteiger partial charge in [-0.05, 0) is 69.0 Å². The molecule has 0 radical (unpaired) electrons. The third kappa shape index (κ3) is 7.39. The highest BCUT2D eigenvalue weighted by atomic mass is 35.5. The summed E-state index contributed by atoms with van der Waals surface area (Å²) in [7, 11) is 5.28. The van der Waals surface area contributed by atoms with E-state index in [4.69, 9.17) is 21.5 Å². The van der Waals surface area contributed by atoms with Gasteiger partial charge in [-0.2, -0.15) is 10.1 Å². The number of alkyl halides is 1. The summed E-state index contributed by atoms with van der Waals surface area (Å²) in [6, 6.07) is 4.03. The first-order chi connectivity index (χ1) is 19.1. The Kier molecular flexibility index (Phi) is 9.83. The van der Waals surface area contributed by atoms with Gasteiger partial charge in [-0.1, -0.05) is 25.4 Å². The first-order valence-electron chi connectivity index (χ1n) is 13.6. The number of nitrogens with one attached hydrogen (secondary N) is 3. The van der Waals surface area contributed by atoms with Crippen LogP contribution in [0.2, 0.25) is 5.02 Å². The van der Waals surface area contributed by atoms with Crippen LogP contribution in [0.5, 0.6) is 5.75 Å². The van der Waals surface area contributed by atoms with Crippen molar-refractivity contribution in [3.8, 4) is 5.75 Å². The van der Waals surface area contributed by atoms with Crippen molar-refractivity contribution in [2.24, 2.45) is 7.05 Å². The second kappa shape index (κ2) is 13.1. The Morgan fingerprint density at radius 2 is 1.88 bits per heavy atom. The van der Waals surface area contributed by atoms with E-state index in [2.05, 4.69) is 39.5 Å². The Bertz CT molecular complexity index is 1300. The lowest BCUT2D eigenvalue weighted by molar-refractivity contribution is 0.139. The fourth-order valence-corrected chi connectivity index (χ4v) is 5.00. The normalized spacial score (nSPS) is 19.2. The molecule has 1 saturated carbocycles. The number of aryl methyl sites for hydroxylation is 2. The standard InChI is InChI=1S/C27H35ClFN7O.CH5NO/c1-15(2)25-23(14-36(5)34-25)31-26-20(28)12-30-27(33-26)32-22-10-16(3)19(11-24(22)37-17-6-7-17)18-8-9-35(4)13-21(18)29;1-2-3/h10-12,14-15,17-18,21H,6-9,13H2,1-5H3,(H2,30,31,32,33);2-3H,1H3. The molecule has 12 heteroatoms. The van der Waals surface area contributed by atoms with E-state index in [0.29, 0.717) is 29.1 Å². The lowest BCUT2D eigenvalue weighted by atomic mass is 9.85. The number of likely N-dealkylation sites (tertiary alicyclic amines) is 1. The number of halogens is 2. The van der Waals surface area contributed by atoms with Gasteiger partial charge in [0.25, 0.3) is 0 Å². The molecule has 5 rings (SSSR count). The Morgan fingerprint density at radius 3 is 2.52 bits per heavy atom. The van der Waals surface area contributed by atoms with E-state index in [0.717, 1.165) is 54.0 Å². The van der Waals surface area contributed by atoms with Gasteiger partial charge in [0.2, 0.25) is 5.95 Å². The first kappa shape index (κ1) is 30.0. The van der Waals surface area contributed by atoms with E-state index in [-0.39, 0.29) is 17.9 Å². The lowest BCUT2D eigenvalue weighted by Crippen LogP contribution is -2.38. The zero-order valence-electron chi connectivity index (χ0n) is 24.0. The topological polar surface area (TPSA) is 112 Å². The van der Waals surface area contributed by atoms with Crippen LogP contribution in [0.3, 0.4) is 0 Å². The highest BCUT2D eigenvalue weighted by Gasteiger charge is 2.32. The highest BCUT2D eigenvalue weighted by molar-refractivity contribution is 6.32. The van der Waals surface area contributed by atoms with Gasteiger partial charge in [-0.25, -0.2) is 14.9 Å². The molecular weight excluding hydrogens is 535 g/mol. The largest absolute Gasteiger partial charge is 0.488 e. The molecule has 2 aliphatic rings. The van der Waals surface area contributed by atoms with E-state index >= 15 is 4.39 Å². The molecule has 2 aromatic heterocycles. The number of rotatable bonds is 8. The highest BCUT2D eigenvalue weighted by Crippen LogP contribution is 2.40. The second-order valence-electron chi connectivity index (χ2n) is 10.8. The summed E-state index contributed by atoms with van der Waals surface area (Å²) < 4.78 is 23.0. The third-order valence-corrected chi connectivity index (χ3v) is 7.25. The molecule has 218 valence electrons. The average molecular weight is 575 g/mol. The van der Waals surface area contributed by atoms with Crippen molar-refractivity contribution in [1.29, 1.82) is 0 Å². The molecule has 40 heavy (non-hydrogen) atoms. The first-order valence-corrected chi connectivity index (χ1v) is 14.0. The summed E-state index contributed by atoms with van der Waals surface area (Å²) in [6.45, 7) is 7.54. The van der Waals surface area contributed by atoms with Crippen molar-refractivity contribution < 1.29 is 14.3 Å². The predicted molar refractivity (Wildman–Crippen MR) is 156 cm³/mol. The number of hydrogen-bond donors (Lipinski definition) is 4. The summed E-state index contributed by atoms with van der Waals surface area (Å²) in [4.78, 5) is 11.1. The van der Waals surface area contributed by atoms with Crippen LogP contribution in [0.25, 0.3) is 0 Å². The number of piperidine rings is 1. The summed E-state index contributed by atoms with van der Waals surface area (Å²) in [5, 5.41) is 18.9. The summed E-state index contributed by atoms with van der Waals surface area (Å²) >= 11 is 6.45. The number of anilines is 4. The van der Waals surface area contributed by atoms with Gasteiger partial charge in [-0.15, -0.1) is 0 Å². The molecule has 2 unspecified atom stereocenters. The number of hydroxylamine groups is 1. The summed E-state index contributed by atoms with van der Waals surface area (Å²) in [5.74, 6) is 1.68. The summed E-state index contributed by atoms with van der Waals surface area (Å²) in [6.07, 6.45) is 5.61. The molecule has 1 aliphatic heterocycles. The zero-order valence-corrected chi connectivity index (χ0v) is 24.8. The minimum Gasteiger partial charge on any atom is -0.488 e. The quantitative estimate of drug-likeness (QED) is 0.252. The van der Waals surface area contributed by atoms with E-state index in [1.165, 1.54) is 7.05 Å². The van der Waals surface area contributed by atoms with Crippen molar-refractivity contribution in [3.63, 3.8) is 0 Å². The van der Waals surface area contributed by atoms with Gasteiger partial charge in [-0.3, -0.25) is 4.68 Å². The zero-order chi connectivity index (χ0) is 29.0. The Hall–Kier alpha value is -2.99. The molecule has 2 fully saturated rings. The van der Waals surface area contributed by atoms with Crippen molar-refractivity contribution in [2.45, 2.75) is 64.1 Å². The van der Waals surface area contributed by atoms with E-state index < -0.39 is 6.17 Å². The van der Waals surface area contributed by atoms with Gasteiger partial charge in [0.15, 0.2) is 5.82 Å². The number of aromatic nitrogens is 4. The molecule has 0 amide bonds. The fourth-order valence-electron chi connectivity index (χ4n) is 4.86. The molecule has 2 atom stereocenters. The molecule has 1 saturated heterocycles. The molecule has 3 aromatic rings. The number of ether oxygens (including phenoxy) is 1. The molecule has 1 aliphatic carbocycles. The maximum atomic E-state index is 15.0. The maximum absolute atomic E-state index is 15.0. The van der Waals surface area contributed by atoms with Crippen LogP contribution in [-0.2, 0) is 7.05 Å². The van der Waals surface area contributed by atoms with Crippen LogP contribution < -0.4 is 20.9 Å². The van der Waals surface area contributed by atoms with Gasteiger partial charge >= 0.3 is 0 Å². The minimum atomic E-state index is -0.901. The van der Waals surface area contributed by atoms with Crippen LogP contribution >= 0.6 is 11.6 Å². The molecule has 3 heterocycles. The molecular formula is C28H40ClFN8O2. The van der Waals surface area contributed by atoms with E-state index in [1.54, 1.807) is 16.4 Å². The van der Waals surface area contributed by atoms with Crippen molar-refractivity contribution in [2.75, 3.05) is 37.8 Å². The number of hydrogen-bond acceptors (Lipinski definition) is 9. The van der Waals surface area contributed by atoms with Gasteiger partial charge in [0.05, 0.1) is 29.4 Å². The molecule has 1 aromatic carbocycles. The van der Waals surface area contributed by atoms with Crippen molar-refractivity contribution in [3.05, 3.63) is 46.4 Å². The van der Waals surface area contributed by atoms with Crippen molar-refractivity contribution in [1.82, 2.24) is 30.1 Å². The minimum absolute atomic E-state index is 0.135. The second-order valence-corrected chi connectivity index (χ2v) is 11.2. The monoisotopic (exact) mass is 574 g/mol. The van der Waals surface area contributed by atoms with Gasteiger partial charge in [0, 0.05) is 32.8 Å². The number of nitrogens with zero attached hydrogens (tertiary/aromatic N) is 5. The number of benzene rings is 1. The fraction of sp³-hybridized carbons (Fsp3) is 0.536. The Labute approximate surface area is 240 Å². The Balaban J connectivity index is 0.00000118. The SMILES string of the molecule is CNO.Cc1cc(Nc2ncc(Cl)c(Nc3cn(C)nc3C(C)C)n2)c(OC2CC2)cc1C1CCN(C)CC1F. The molecule has 0 spiro atoms. The molecule has 4 N–H and O–H groups in total. The maximum Gasteiger partial charge on any atom is 0.229 e. The van der Waals surface area contributed by atoms with Crippen LogP contribution in [0.1, 0.15) is 61.8 Å². The van der Waals surface area contributed by atoms with Crippen LogP contribution in [0, 0.1) is 6.92 Å². The van der Waals surface area contributed by atoms with E-state index in [9.17, 15) is 0 Å². The predicted octanol–water partition coefficient (Wildman–Crippen LogP) is 5.68. The lowest BCUT2D eigenvalue weighted by Gasteiger charge is -2.33. The molecule has 10 nitrogen and oxygen atoms in total.